The summed E-state index contributed by atoms with van der Waals surface area (Å²) < 4.78 is 69.6. The highest BCUT2D eigenvalue weighted by Crippen LogP contribution is 2.33. The Morgan fingerprint density at radius 2 is 1.64 bits per heavy atom. The number of carboxylic acid groups (broad SMARTS) is 2. The molecule has 0 aliphatic carbocycles. The predicted molar refractivity (Wildman–Crippen MR) is 102 cm³/mol. The standard InChI is InChI=1S/C15H23N3O.2C2HF3O2/c1-17(2)10-14-7-12-8-18(11-15(12)19-14)9-13-5-3-4-6-16-13;2*3-2(4,5)1(6)7/h3-6,12,14-15H,7-11H2,1-2H3;2*(H,6,7)/t12-,14-,15+;;/m1../s1. The van der Waals surface area contributed by atoms with Gasteiger partial charge in [-0.3, -0.25) is 9.88 Å². The zero-order valence-electron chi connectivity index (χ0n) is 17.8. The van der Waals surface area contributed by atoms with Crippen LogP contribution in [0.2, 0.25) is 0 Å². The number of carboxylic acids is 2. The van der Waals surface area contributed by atoms with Gasteiger partial charge >= 0.3 is 24.3 Å². The monoisotopic (exact) mass is 489 g/mol. The Morgan fingerprint density at radius 3 is 2.03 bits per heavy atom. The van der Waals surface area contributed by atoms with Crippen LogP contribution in [-0.4, -0.2) is 95.2 Å². The van der Waals surface area contributed by atoms with Crippen molar-refractivity contribution in [3.05, 3.63) is 30.1 Å². The van der Waals surface area contributed by atoms with Crippen molar-refractivity contribution in [2.45, 2.75) is 37.5 Å². The highest BCUT2D eigenvalue weighted by atomic mass is 19.4. The van der Waals surface area contributed by atoms with Crippen molar-refractivity contribution in [1.82, 2.24) is 14.8 Å². The fraction of sp³-hybridized carbons (Fsp3) is 0.632. The van der Waals surface area contributed by atoms with Gasteiger partial charge < -0.3 is 19.8 Å². The molecule has 0 aromatic carbocycles. The SMILES string of the molecule is CN(C)C[C@H]1C[C@@H]2CN(Cc3ccccn3)C[C@@H]2O1.O=C(O)C(F)(F)F.O=C(O)C(F)(F)F. The van der Waals surface area contributed by atoms with Gasteiger partial charge in [0.2, 0.25) is 0 Å². The second-order valence-electron chi connectivity index (χ2n) is 7.68. The summed E-state index contributed by atoms with van der Waals surface area (Å²) in [5, 5.41) is 14.2. The van der Waals surface area contributed by atoms with Gasteiger partial charge in [-0.1, -0.05) is 6.07 Å². The Morgan fingerprint density at radius 1 is 1.09 bits per heavy atom. The molecular weight excluding hydrogens is 464 g/mol. The van der Waals surface area contributed by atoms with E-state index in [0.717, 1.165) is 31.9 Å². The third-order valence-corrected chi connectivity index (χ3v) is 4.56. The lowest BCUT2D eigenvalue weighted by Crippen LogP contribution is -2.30. The van der Waals surface area contributed by atoms with Gasteiger partial charge in [-0.2, -0.15) is 26.3 Å². The van der Waals surface area contributed by atoms with E-state index in [0.29, 0.717) is 18.1 Å². The first-order valence-corrected chi connectivity index (χ1v) is 9.62. The lowest BCUT2D eigenvalue weighted by Gasteiger charge is -2.20. The number of likely N-dealkylation sites (tertiary alicyclic amines) is 1. The van der Waals surface area contributed by atoms with E-state index in [4.69, 9.17) is 24.5 Å². The number of pyridine rings is 1. The number of halogens is 6. The summed E-state index contributed by atoms with van der Waals surface area (Å²) in [7, 11) is 4.23. The zero-order chi connectivity index (χ0) is 25.4. The molecule has 0 saturated carbocycles. The van der Waals surface area contributed by atoms with Gasteiger partial charge in [0.05, 0.1) is 17.9 Å². The summed E-state index contributed by atoms with van der Waals surface area (Å²) in [5.41, 5.74) is 1.16. The normalized spacial score (nSPS) is 22.6. The zero-order valence-corrected chi connectivity index (χ0v) is 17.8. The molecule has 2 aliphatic rings. The van der Waals surface area contributed by atoms with Crippen molar-refractivity contribution in [2.75, 3.05) is 33.7 Å². The number of rotatable bonds is 4. The van der Waals surface area contributed by atoms with Crippen LogP contribution in [0.15, 0.2) is 24.4 Å². The number of nitrogens with zero attached hydrogens (tertiary/aromatic N) is 3. The Bertz CT molecular complexity index is 723. The maximum Gasteiger partial charge on any atom is 0.490 e. The second-order valence-corrected chi connectivity index (χ2v) is 7.68. The molecule has 1 aromatic rings. The minimum atomic E-state index is -5.08. The van der Waals surface area contributed by atoms with E-state index in [1.54, 1.807) is 0 Å². The minimum Gasteiger partial charge on any atom is -0.475 e. The first-order valence-electron chi connectivity index (χ1n) is 9.62. The molecule has 2 aliphatic heterocycles. The Hall–Kier alpha value is -2.45. The maximum absolute atomic E-state index is 10.6. The molecule has 2 fully saturated rings. The average Bonchev–Trinajstić information content (AvgIpc) is 3.19. The van der Waals surface area contributed by atoms with Gasteiger partial charge in [-0.15, -0.1) is 0 Å². The second kappa shape index (κ2) is 12.1. The molecule has 33 heavy (non-hydrogen) atoms. The number of ether oxygens (including phenoxy) is 1. The quantitative estimate of drug-likeness (QED) is 0.622. The van der Waals surface area contributed by atoms with Gasteiger partial charge in [-0.25, -0.2) is 9.59 Å². The lowest BCUT2D eigenvalue weighted by molar-refractivity contribution is -0.193. The van der Waals surface area contributed by atoms with Crippen LogP contribution in [0.25, 0.3) is 0 Å². The van der Waals surface area contributed by atoms with Crippen LogP contribution in [0.5, 0.6) is 0 Å². The maximum atomic E-state index is 10.6. The highest BCUT2D eigenvalue weighted by molar-refractivity contribution is 5.73. The molecule has 8 nitrogen and oxygen atoms in total. The number of fused-ring (bicyclic) bond motifs is 1. The van der Waals surface area contributed by atoms with Crippen LogP contribution >= 0.6 is 0 Å². The number of likely N-dealkylation sites (N-methyl/N-ethyl adjacent to an activating group) is 1. The molecule has 188 valence electrons. The molecule has 0 bridgehead atoms. The molecular formula is C19H25F6N3O5. The van der Waals surface area contributed by atoms with Crippen molar-refractivity contribution < 1.29 is 50.9 Å². The van der Waals surface area contributed by atoms with Gasteiger partial charge in [0.25, 0.3) is 0 Å². The molecule has 3 atom stereocenters. The molecule has 1 aromatic heterocycles. The van der Waals surface area contributed by atoms with Crippen molar-refractivity contribution in [2.24, 2.45) is 5.92 Å². The van der Waals surface area contributed by atoms with E-state index in [1.807, 2.05) is 12.3 Å². The Kier molecular flexibility index (Phi) is 10.5. The molecule has 0 unspecified atom stereocenters. The fourth-order valence-corrected chi connectivity index (χ4v) is 3.32. The largest absolute Gasteiger partial charge is 0.490 e. The predicted octanol–water partition coefficient (Wildman–Crippen LogP) is 2.50. The average molecular weight is 489 g/mol. The minimum absolute atomic E-state index is 0.432. The molecule has 3 heterocycles. The van der Waals surface area contributed by atoms with E-state index < -0.39 is 24.3 Å². The van der Waals surface area contributed by atoms with Gasteiger partial charge in [0.1, 0.15) is 0 Å². The van der Waals surface area contributed by atoms with E-state index in [-0.39, 0.29) is 0 Å². The number of alkyl halides is 6. The molecule has 3 rings (SSSR count). The number of hydrogen-bond acceptors (Lipinski definition) is 6. The topological polar surface area (TPSA) is 103 Å². The molecule has 0 amide bonds. The van der Waals surface area contributed by atoms with Crippen LogP contribution in [0, 0.1) is 5.92 Å². The summed E-state index contributed by atoms with van der Waals surface area (Å²) in [4.78, 5) is 26.9. The lowest BCUT2D eigenvalue weighted by atomic mass is 10.0. The summed E-state index contributed by atoms with van der Waals surface area (Å²) in [5.74, 6) is -4.80. The fourth-order valence-electron chi connectivity index (χ4n) is 3.32. The first kappa shape index (κ1) is 28.6. The molecule has 0 spiro atoms. The van der Waals surface area contributed by atoms with Crippen LogP contribution in [0.1, 0.15) is 12.1 Å². The van der Waals surface area contributed by atoms with E-state index in [9.17, 15) is 26.3 Å². The summed E-state index contributed by atoms with van der Waals surface area (Å²) in [6, 6.07) is 6.13. The van der Waals surface area contributed by atoms with Crippen molar-refractivity contribution in [3.63, 3.8) is 0 Å². The molecule has 2 N–H and O–H groups in total. The van der Waals surface area contributed by atoms with Crippen molar-refractivity contribution in [3.8, 4) is 0 Å². The number of aromatic nitrogens is 1. The smallest absolute Gasteiger partial charge is 0.475 e. The van der Waals surface area contributed by atoms with Crippen LogP contribution in [0.3, 0.4) is 0 Å². The van der Waals surface area contributed by atoms with Crippen molar-refractivity contribution >= 4 is 11.9 Å². The Balaban J connectivity index is 0.000000324. The highest BCUT2D eigenvalue weighted by Gasteiger charge is 2.42. The van der Waals surface area contributed by atoms with Gasteiger partial charge in [0, 0.05) is 38.3 Å². The number of aliphatic carboxylic acids is 2. The number of carbonyl (C=O) groups is 2. The van der Waals surface area contributed by atoms with E-state index >= 15 is 0 Å². The van der Waals surface area contributed by atoms with Crippen LogP contribution in [0.4, 0.5) is 26.3 Å². The number of hydrogen-bond donors (Lipinski definition) is 2. The summed E-state index contributed by atoms with van der Waals surface area (Å²) in [6.45, 7) is 4.22. The molecule has 14 heteroatoms. The Labute approximate surface area is 185 Å². The molecule has 2 saturated heterocycles. The summed E-state index contributed by atoms with van der Waals surface area (Å²) in [6.07, 6.45) is -6.21. The van der Waals surface area contributed by atoms with E-state index in [1.165, 1.54) is 6.42 Å². The van der Waals surface area contributed by atoms with Crippen molar-refractivity contribution in [1.29, 1.82) is 0 Å². The first-order chi connectivity index (χ1) is 15.1. The third-order valence-electron chi connectivity index (χ3n) is 4.56. The van der Waals surface area contributed by atoms with Crippen LogP contribution in [-0.2, 0) is 20.9 Å². The van der Waals surface area contributed by atoms with Gasteiger partial charge in [-0.05, 0) is 32.6 Å². The third kappa shape index (κ3) is 10.8. The van der Waals surface area contributed by atoms with E-state index in [2.05, 4.69) is 41.0 Å². The van der Waals surface area contributed by atoms with Gasteiger partial charge in [0.15, 0.2) is 0 Å². The molecule has 0 radical (unpaired) electrons. The van der Waals surface area contributed by atoms with Crippen LogP contribution < -0.4 is 0 Å². The summed E-state index contributed by atoms with van der Waals surface area (Å²) >= 11 is 0.